The van der Waals surface area contributed by atoms with Crippen molar-refractivity contribution in [1.82, 2.24) is 35.3 Å². The molecule has 0 unspecified atom stereocenters. The number of nitrogen functional groups attached to an aromatic ring is 1. The van der Waals surface area contributed by atoms with E-state index in [9.17, 15) is 4.79 Å². The van der Waals surface area contributed by atoms with E-state index in [1.807, 2.05) is 11.0 Å². The fraction of sp³-hybridized carbons (Fsp3) is 0.545. The second-order valence-electron chi connectivity index (χ2n) is 4.89. The summed E-state index contributed by atoms with van der Waals surface area (Å²) >= 11 is 0. The molecule has 0 aliphatic carbocycles. The van der Waals surface area contributed by atoms with Crippen molar-refractivity contribution in [3.05, 3.63) is 18.0 Å². The van der Waals surface area contributed by atoms with Crippen LogP contribution in [-0.4, -0.2) is 54.3 Å². The van der Waals surface area contributed by atoms with E-state index < -0.39 is 0 Å². The molecule has 1 amide bonds. The highest BCUT2D eigenvalue weighted by molar-refractivity contribution is 5.76. The number of carbonyl (C=O) groups excluding carboxylic acids is 1. The van der Waals surface area contributed by atoms with E-state index in [1.54, 1.807) is 6.20 Å². The van der Waals surface area contributed by atoms with Crippen LogP contribution in [0.3, 0.4) is 0 Å². The number of hydrogen-bond donors (Lipinski definition) is 2. The summed E-state index contributed by atoms with van der Waals surface area (Å²) < 4.78 is 1.31. The second kappa shape index (κ2) is 5.27. The van der Waals surface area contributed by atoms with Gasteiger partial charge < -0.3 is 10.6 Å². The van der Waals surface area contributed by atoms with Crippen LogP contribution in [0.25, 0.3) is 0 Å². The van der Waals surface area contributed by atoms with Gasteiger partial charge in [0.15, 0.2) is 0 Å². The summed E-state index contributed by atoms with van der Waals surface area (Å²) in [6.45, 7) is 1.52. The maximum absolute atomic E-state index is 12.3. The number of tetrazole rings is 1. The van der Waals surface area contributed by atoms with Crippen molar-refractivity contribution in [2.45, 2.75) is 25.3 Å². The minimum absolute atomic E-state index is 0.0202. The lowest BCUT2D eigenvalue weighted by Crippen LogP contribution is -2.41. The number of anilines is 1. The van der Waals surface area contributed by atoms with Crippen molar-refractivity contribution >= 4 is 11.9 Å². The van der Waals surface area contributed by atoms with Gasteiger partial charge in [-0.25, -0.2) is 4.68 Å². The number of nitrogens with one attached hydrogen (secondary N) is 1. The number of rotatable bonds is 3. The molecule has 2 aromatic rings. The molecule has 0 aromatic carbocycles. The van der Waals surface area contributed by atoms with Gasteiger partial charge in [-0.3, -0.25) is 9.89 Å². The van der Waals surface area contributed by atoms with Crippen molar-refractivity contribution in [1.29, 1.82) is 0 Å². The van der Waals surface area contributed by atoms with Gasteiger partial charge in [-0.2, -0.15) is 5.10 Å². The second-order valence-corrected chi connectivity index (χ2v) is 4.89. The van der Waals surface area contributed by atoms with Gasteiger partial charge in [-0.05, 0) is 29.3 Å². The summed E-state index contributed by atoms with van der Waals surface area (Å²) in [6, 6.07) is 1.96. The lowest BCUT2D eigenvalue weighted by atomic mass is 9.95. The van der Waals surface area contributed by atoms with Gasteiger partial charge >= 0.3 is 0 Å². The molecule has 3 N–H and O–H groups in total. The first kappa shape index (κ1) is 12.6. The molecule has 20 heavy (non-hydrogen) atoms. The van der Waals surface area contributed by atoms with Gasteiger partial charge in [0.05, 0.1) is 0 Å². The molecule has 106 valence electrons. The van der Waals surface area contributed by atoms with E-state index in [4.69, 9.17) is 5.73 Å². The number of carbonyl (C=O) groups is 1. The highest BCUT2D eigenvalue weighted by Gasteiger charge is 2.26. The number of amides is 1. The molecular formula is C11H16N8O. The number of aromatic nitrogens is 6. The van der Waals surface area contributed by atoms with Gasteiger partial charge in [0, 0.05) is 30.9 Å². The third-order valence-corrected chi connectivity index (χ3v) is 3.58. The Morgan fingerprint density at radius 3 is 3.15 bits per heavy atom. The highest BCUT2D eigenvalue weighted by atomic mass is 16.2. The Bertz CT molecular complexity index is 577. The topological polar surface area (TPSA) is 119 Å². The van der Waals surface area contributed by atoms with Crippen molar-refractivity contribution in [2.24, 2.45) is 0 Å². The lowest BCUT2D eigenvalue weighted by Gasteiger charge is -2.32. The maximum atomic E-state index is 12.3. The molecule has 3 rings (SSSR count). The Morgan fingerprint density at radius 2 is 2.45 bits per heavy atom. The van der Waals surface area contributed by atoms with E-state index in [0.717, 1.165) is 25.1 Å². The fourth-order valence-corrected chi connectivity index (χ4v) is 2.50. The Balaban J connectivity index is 1.65. The molecule has 1 fully saturated rings. The van der Waals surface area contributed by atoms with Gasteiger partial charge in [-0.1, -0.05) is 5.10 Å². The van der Waals surface area contributed by atoms with Gasteiger partial charge in [0.1, 0.15) is 6.54 Å². The maximum Gasteiger partial charge on any atom is 0.244 e. The highest BCUT2D eigenvalue weighted by Crippen LogP contribution is 2.25. The molecule has 0 saturated carbocycles. The number of H-pyrrole nitrogens is 1. The van der Waals surface area contributed by atoms with Crippen LogP contribution in [0.5, 0.6) is 0 Å². The molecule has 1 aliphatic rings. The van der Waals surface area contributed by atoms with Crippen LogP contribution in [0.4, 0.5) is 5.95 Å². The first-order valence-corrected chi connectivity index (χ1v) is 6.52. The molecule has 1 saturated heterocycles. The fourth-order valence-electron chi connectivity index (χ4n) is 2.50. The third kappa shape index (κ3) is 2.46. The molecule has 3 heterocycles. The van der Waals surface area contributed by atoms with E-state index in [-0.39, 0.29) is 18.4 Å². The van der Waals surface area contributed by atoms with Crippen LogP contribution in [0, 0.1) is 0 Å². The average molecular weight is 276 g/mol. The molecule has 0 radical (unpaired) electrons. The van der Waals surface area contributed by atoms with Crippen LogP contribution in [0.2, 0.25) is 0 Å². The minimum Gasteiger partial charge on any atom is -0.367 e. The van der Waals surface area contributed by atoms with E-state index in [2.05, 4.69) is 25.7 Å². The Labute approximate surface area is 115 Å². The summed E-state index contributed by atoms with van der Waals surface area (Å²) in [4.78, 5) is 14.1. The van der Waals surface area contributed by atoms with E-state index >= 15 is 0 Å². The molecule has 0 bridgehead atoms. The van der Waals surface area contributed by atoms with Crippen molar-refractivity contribution < 1.29 is 4.79 Å². The Kier molecular flexibility index (Phi) is 3.32. The van der Waals surface area contributed by atoms with E-state index in [1.165, 1.54) is 4.68 Å². The largest absolute Gasteiger partial charge is 0.367 e. The monoisotopic (exact) mass is 276 g/mol. The molecule has 9 heteroatoms. The Morgan fingerprint density at radius 1 is 1.55 bits per heavy atom. The summed E-state index contributed by atoms with van der Waals surface area (Å²) in [6.07, 6.45) is 3.76. The van der Waals surface area contributed by atoms with Gasteiger partial charge in [-0.15, -0.1) is 0 Å². The van der Waals surface area contributed by atoms with Crippen molar-refractivity contribution in [3.63, 3.8) is 0 Å². The number of hydrogen-bond acceptors (Lipinski definition) is 6. The number of nitrogens with two attached hydrogens (primary N) is 1. The van der Waals surface area contributed by atoms with Crippen molar-refractivity contribution in [2.75, 3.05) is 18.8 Å². The number of piperidine rings is 1. The molecule has 2 aromatic heterocycles. The molecule has 9 nitrogen and oxygen atoms in total. The first-order chi connectivity index (χ1) is 9.74. The summed E-state index contributed by atoms with van der Waals surface area (Å²) in [5.74, 6) is 0.440. The minimum atomic E-state index is -0.0202. The van der Waals surface area contributed by atoms with E-state index in [0.29, 0.717) is 12.5 Å². The standard InChI is InChI=1S/C11H16N8O/c12-11-15-16-17-19(11)7-10(20)18-5-1-2-8(6-18)9-3-4-13-14-9/h3-4,8H,1-2,5-7H2,(H,13,14)(H2,12,15,17)/t8-/m0/s1. The van der Waals surface area contributed by atoms with Gasteiger partial charge in [0.2, 0.25) is 11.9 Å². The van der Waals surface area contributed by atoms with Crippen LogP contribution in [-0.2, 0) is 11.3 Å². The summed E-state index contributed by atoms with van der Waals surface area (Å²) in [7, 11) is 0. The quantitative estimate of drug-likeness (QED) is 0.771. The smallest absolute Gasteiger partial charge is 0.244 e. The number of nitrogens with zero attached hydrogens (tertiary/aromatic N) is 6. The van der Waals surface area contributed by atoms with Crippen LogP contribution in [0.1, 0.15) is 24.5 Å². The third-order valence-electron chi connectivity index (χ3n) is 3.58. The molecule has 1 aliphatic heterocycles. The van der Waals surface area contributed by atoms with Crippen LogP contribution >= 0.6 is 0 Å². The average Bonchev–Trinajstić information content (AvgIpc) is 3.12. The Hall–Kier alpha value is -2.45. The van der Waals surface area contributed by atoms with Crippen LogP contribution < -0.4 is 5.73 Å². The van der Waals surface area contributed by atoms with Crippen LogP contribution in [0.15, 0.2) is 12.3 Å². The first-order valence-electron chi connectivity index (χ1n) is 6.52. The lowest BCUT2D eigenvalue weighted by molar-refractivity contribution is -0.133. The molecule has 1 atom stereocenters. The number of likely N-dealkylation sites (tertiary alicyclic amines) is 1. The molecule has 0 spiro atoms. The summed E-state index contributed by atoms with van der Waals surface area (Å²) in [5, 5.41) is 17.6. The zero-order valence-electron chi connectivity index (χ0n) is 10.9. The van der Waals surface area contributed by atoms with Crippen molar-refractivity contribution in [3.8, 4) is 0 Å². The van der Waals surface area contributed by atoms with Gasteiger partial charge in [0.25, 0.3) is 0 Å². The predicted octanol–water partition coefficient (Wildman–Crippen LogP) is -0.615. The molecular weight excluding hydrogens is 260 g/mol. The normalized spacial score (nSPS) is 19.2. The predicted molar refractivity (Wildman–Crippen MR) is 69.4 cm³/mol. The zero-order chi connectivity index (χ0) is 13.9. The zero-order valence-corrected chi connectivity index (χ0v) is 10.9. The summed E-state index contributed by atoms with van der Waals surface area (Å²) in [5.41, 5.74) is 6.64. The number of aromatic amines is 1. The SMILES string of the molecule is Nc1nnnn1CC(=O)N1CCC[C@H](c2ccn[nH]2)C1.